The molecule has 6 aromatic rings. The molecule has 76 heavy (non-hydrogen) atoms. The predicted octanol–water partition coefficient (Wildman–Crippen LogP) is 13.8. The van der Waals surface area contributed by atoms with Gasteiger partial charge in [0.25, 0.3) is 5.91 Å². The van der Waals surface area contributed by atoms with E-state index in [1.165, 1.54) is 24.6 Å². The number of hydrazine groups is 1. The minimum atomic E-state index is -0.953. The van der Waals surface area contributed by atoms with E-state index in [0.717, 1.165) is 54.7 Å². The number of nitrogens with zero attached hydrogens (tertiary/aromatic N) is 4. The van der Waals surface area contributed by atoms with Crippen LogP contribution in [0.15, 0.2) is 101 Å². The van der Waals surface area contributed by atoms with Gasteiger partial charge in [-0.25, -0.2) is 20.4 Å². The van der Waals surface area contributed by atoms with Gasteiger partial charge < -0.3 is 20.1 Å². The van der Waals surface area contributed by atoms with Crippen LogP contribution in [0.25, 0.3) is 38.8 Å². The van der Waals surface area contributed by atoms with Gasteiger partial charge in [-0.15, -0.1) is 0 Å². The topological polar surface area (TPSA) is 182 Å². The molecule has 0 unspecified atom stereocenters. The molecule has 8 rings (SSSR count). The Morgan fingerprint density at radius 2 is 1.45 bits per heavy atom. The molecule has 0 saturated carbocycles. The molecular weight excluding hydrogens is 1180 g/mol. The zero-order valence-corrected chi connectivity index (χ0v) is 49.6. The van der Waals surface area contributed by atoms with Crippen LogP contribution in [0.4, 0.5) is 0 Å². The summed E-state index contributed by atoms with van der Waals surface area (Å²) in [6.45, 7) is 18.7. The fourth-order valence-corrected chi connectivity index (χ4v) is 9.34. The summed E-state index contributed by atoms with van der Waals surface area (Å²) >= 11 is 31.1. The Labute approximate surface area is 480 Å². The number of ether oxygens (including phenoxy) is 2. The lowest BCUT2D eigenvalue weighted by Crippen LogP contribution is -2.61. The molecule has 3 aromatic carbocycles. The summed E-state index contributed by atoms with van der Waals surface area (Å²) in [5, 5.41) is 11.5. The molecule has 5 heterocycles. The van der Waals surface area contributed by atoms with Gasteiger partial charge in [0.2, 0.25) is 11.8 Å². The first-order chi connectivity index (χ1) is 35.9. The van der Waals surface area contributed by atoms with E-state index >= 15 is 0 Å². The zero-order valence-electron chi connectivity index (χ0n) is 43.4. The van der Waals surface area contributed by atoms with E-state index < -0.39 is 47.4 Å². The number of rotatable bonds is 6. The van der Waals surface area contributed by atoms with Gasteiger partial charge in [0, 0.05) is 38.6 Å². The van der Waals surface area contributed by atoms with Crippen LogP contribution in [0.1, 0.15) is 109 Å². The monoisotopic (exact) mass is 1240 g/mol. The third kappa shape index (κ3) is 17.1. The van der Waals surface area contributed by atoms with Crippen molar-refractivity contribution in [1.29, 1.82) is 0 Å². The van der Waals surface area contributed by atoms with Crippen molar-refractivity contribution in [2.75, 3.05) is 13.2 Å². The van der Waals surface area contributed by atoms with Gasteiger partial charge in [-0.1, -0.05) is 148 Å². The minimum Gasteiger partial charge on any atom is -0.502 e. The first-order valence-electron chi connectivity index (χ1n) is 24.5. The average molecular weight is 1250 g/mol. The van der Waals surface area contributed by atoms with Crippen molar-refractivity contribution in [1.82, 2.24) is 36.0 Å². The number of carbonyl (C=O) groups is 5. The van der Waals surface area contributed by atoms with E-state index in [4.69, 9.17) is 60.9 Å². The number of Topliss-reactive ketones (excluding diaryl/α,β-unsaturated/α-hetero) is 1. The molecule has 404 valence electrons. The number of cyclic esters (lactones) is 1. The van der Waals surface area contributed by atoms with E-state index in [-0.39, 0.29) is 17.6 Å². The Kier molecular flexibility index (Phi) is 23.1. The summed E-state index contributed by atoms with van der Waals surface area (Å²) in [6.07, 6.45) is 7.74. The molecule has 1 fully saturated rings. The van der Waals surface area contributed by atoms with Crippen LogP contribution in [0.2, 0.25) is 20.2 Å². The molecule has 0 radical (unpaired) electrons. The molecule has 0 aliphatic carbocycles. The van der Waals surface area contributed by atoms with Crippen LogP contribution in [0.5, 0.6) is 0 Å². The van der Waals surface area contributed by atoms with E-state index in [0.29, 0.717) is 56.5 Å². The number of fused-ring (bicyclic) bond motifs is 6. The molecule has 14 nitrogen and oxygen atoms in total. The van der Waals surface area contributed by atoms with Crippen LogP contribution in [-0.2, 0) is 28.7 Å². The SMILES string of the molecule is C=COCCCC.CC(=O)c1cc(Cl)c2ccc(Br)cc2n1.CC(C)[C@@H]1NC(=O)C(C)(C)/C=C/c2ccc3c(Cl)cc(nc3c2)[C@@H](C)OC(=O)[C@@H]2CCCN(N2)C(=O)[C@H](C)NC1=O.Clc1cc(Cl)c2ccc(Br)cc2n1. The number of amides is 3. The van der Waals surface area contributed by atoms with Crippen molar-refractivity contribution in [3.63, 3.8) is 0 Å². The van der Waals surface area contributed by atoms with Crippen molar-refractivity contribution in [3.8, 4) is 0 Å². The Morgan fingerprint density at radius 1 is 0.855 bits per heavy atom. The molecule has 1 saturated heterocycles. The quantitative estimate of drug-likeness (QED) is 0.0474. The second-order valence-electron chi connectivity index (χ2n) is 18.9. The summed E-state index contributed by atoms with van der Waals surface area (Å²) in [4.78, 5) is 77.1. The summed E-state index contributed by atoms with van der Waals surface area (Å²) in [5.41, 5.74) is 5.82. The van der Waals surface area contributed by atoms with Crippen LogP contribution in [0, 0.1) is 11.3 Å². The molecule has 3 amide bonds. The van der Waals surface area contributed by atoms with Crippen molar-refractivity contribution in [2.45, 2.75) is 105 Å². The van der Waals surface area contributed by atoms with Gasteiger partial charge in [0.05, 0.1) is 55.6 Å². The van der Waals surface area contributed by atoms with Gasteiger partial charge in [-0.2, -0.15) is 0 Å². The van der Waals surface area contributed by atoms with Gasteiger partial charge in [-0.05, 0) is 107 Å². The maximum Gasteiger partial charge on any atom is 0.325 e. The van der Waals surface area contributed by atoms with E-state index in [9.17, 15) is 24.0 Å². The number of benzene rings is 3. The van der Waals surface area contributed by atoms with Crippen LogP contribution in [-0.4, -0.2) is 80.7 Å². The van der Waals surface area contributed by atoms with Gasteiger partial charge >= 0.3 is 5.97 Å². The second-order valence-corrected chi connectivity index (χ2v) is 22.3. The molecule has 5 bridgehead atoms. The Hall–Kier alpha value is -5.20. The second kappa shape index (κ2) is 28.4. The number of nitrogens with one attached hydrogen (secondary N) is 3. The lowest BCUT2D eigenvalue weighted by Gasteiger charge is -2.35. The smallest absolute Gasteiger partial charge is 0.325 e. The average Bonchev–Trinajstić information content (AvgIpc) is 3.36. The highest BCUT2D eigenvalue weighted by atomic mass is 79.9. The molecule has 20 heteroatoms. The number of hydrogen-bond acceptors (Lipinski definition) is 11. The summed E-state index contributed by atoms with van der Waals surface area (Å²) < 4.78 is 12.5. The normalized spacial score (nSPS) is 19.2. The number of esters is 1. The van der Waals surface area contributed by atoms with Gasteiger partial charge in [0.1, 0.15) is 35.1 Å². The highest BCUT2D eigenvalue weighted by Gasteiger charge is 2.35. The van der Waals surface area contributed by atoms with Crippen LogP contribution >= 0.6 is 78.3 Å². The minimum absolute atomic E-state index is 0.0845. The van der Waals surface area contributed by atoms with Gasteiger partial charge in [-0.3, -0.25) is 29.0 Å². The number of carbonyl (C=O) groups excluding carboxylic acids is 5. The third-order valence-corrected chi connectivity index (χ3v) is 14.1. The molecule has 2 aliphatic heterocycles. The van der Waals surface area contributed by atoms with Gasteiger partial charge in [0.15, 0.2) is 5.78 Å². The molecule has 4 atom stereocenters. The number of aromatic nitrogens is 3. The summed E-state index contributed by atoms with van der Waals surface area (Å²) in [5.74, 6) is -2.03. The number of halogens is 6. The van der Waals surface area contributed by atoms with Crippen LogP contribution < -0.4 is 16.1 Å². The van der Waals surface area contributed by atoms with Crippen molar-refractivity contribution < 1.29 is 33.4 Å². The molecule has 3 aromatic heterocycles. The van der Waals surface area contributed by atoms with E-state index in [1.807, 2.05) is 74.5 Å². The largest absolute Gasteiger partial charge is 0.502 e. The van der Waals surface area contributed by atoms with E-state index in [1.54, 1.807) is 52.0 Å². The number of ketones is 1. The lowest BCUT2D eigenvalue weighted by molar-refractivity contribution is -0.157. The van der Waals surface area contributed by atoms with Crippen molar-refractivity contribution in [2.24, 2.45) is 11.3 Å². The third-order valence-electron chi connectivity index (χ3n) is 12.0. The lowest BCUT2D eigenvalue weighted by atomic mass is 9.89. The maximum atomic E-state index is 13.3. The van der Waals surface area contributed by atoms with E-state index in [2.05, 4.69) is 71.4 Å². The predicted molar refractivity (Wildman–Crippen MR) is 311 cm³/mol. The Balaban J connectivity index is 0.000000244. The first kappa shape index (κ1) is 61.7. The molecule has 0 spiro atoms. The maximum absolute atomic E-state index is 13.3. The highest BCUT2D eigenvalue weighted by Crippen LogP contribution is 2.31. The first-order valence-corrected chi connectivity index (χ1v) is 27.6. The molecule has 3 N–H and O–H groups in total. The number of pyridine rings is 3. The van der Waals surface area contributed by atoms with Crippen molar-refractivity contribution >= 4 is 147 Å². The summed E-state index contributed by atoms with van der Waals surface area (Å²) in [6, 6.07) is 19.3. The molecular formula is C56H61Br2Cl4N7O7. The fourth-order valence-electron chi connectivity index (χ4n) is 7.59. The number of hydrogen-bond donors (Lipinski definition) is 3. The Morgan fingerprint density at radius 3 is 2.05 bits per heavy atom. The highest BCUT2D eigenvalue weighted by molar-refractivity contribution is 9.10. The molecule has 2 aliphatic rings. The Bertz CT molecular complexity index is 3140. The van der Waals surface area contributed by atoms with Crippen LogP contribution in [0.3, 0.4) is 0 Å². The van der Waals surface area contributed by atoms with Crippen molar-refractivity contribution in [3.05, 3.63) is 138 Å². The summed E-state index contributed by atoms with van der Waals surface area (Å²) in [7, 11) is 0. The number of unbranched alkanes of at least 4 members (excludes halogenated alkanes) is 1. The zero-order chi connectivity index (χ0) is 56.0. The standard InChI is InChI=1S/C30H38ClN5O5.C11H7BrClNO.C9H4BrCl2N.C6H12O/c1-16(2)25-26(37)32-17(3)27(38)36-13-7-8-22(35-36)28(39)41-18(4)23-15-21(31)20-10-9-19(14-24(20)33-23)11-12-30(5,6)29(40)34-25;1-6(15)10-5-9(13)8-3-2-7(12)4-11(8)14-10;10-5-1-2-6-7(11)4-9(12)13-8(6)3-5;1-3-5-6-7-4-2/h9-12,14-18,22,25,35H,7-8,13H2,1-6H3,(H,32,37)(H,34,40);2-5H,1H3;1-4H;4H,2-3,5-6H2,1H3/b12-11+;;;/t17-,18+,22-,25-;;;/m0.../s1. The fraction of sp³-hybridized carbons (Fsp3) is 0.357.